The van der Waals surface area contributed by atoms with Crippen molar-refractivity contribution in [2.45, 2.75) is 30.7 Å². The van der Waals surface area contributed by atoms with Crippen molar-refractivity contribution in [2.75, 3.05) is 24.3 Å². The smallest absolute Gasteiger partial charge is 0.260 e. The summed E-state index contributed by atoms with van der Waals surface area (Å²) in [6, 6.07) is 3.95. The number of rotatable bonds is 1. The van der Waals surface area contributed by atoms with Gasteiger partial charge in [-0.3, -0.25) is 4.79 Å². The van der Waals surface area contributed by atoms with E-state index >= 15 is 0 Å². The Labute approximate surface area is 133 Å². The van der Waals surface area contributed by atoms with Crippen LogP contribution in [-0.2, 0) is 4.79 Å². The molecule has 0 radical (unpaired) electrons. The third-order valence-corrected chi connectivity index (χ3v) is 5.08. The Morgan fingerprint density at radius 3 is 2.71 bits per heavy atom. The van der Waals surface area contributed by atoms with Gasteiger partial charge in [-0.05, 0) is 26.0 Å². The third kappa shape index (κ3) is 2.60. The lowest BCUT2D eigenvalue weighted by Gasteiger charge is -2.36. The molecule has 21 heavy (non-hydrogen) atoms. The lowest BCUT2D eigenvalue weighted by molar-refractivity contribution is -0.118. The SMILES string of the molecule is CN(C)c1cc2c(cc1Cl)NC1=C(S2)C(=O)NC(C)(C)C1. The minimum Gasteiger partial charge on any atom is -0.376 e. The van der Waals surface area contributed by atoms with Crippen LogP contribution in [0.2, 0.25) is 5.02 Å². The molecule has 0 fully saturated rings. The van der Waals surface area contributed by atoms with Gasteiger partial charge in [0, 0.05) is 36.6 Å². The zero-order chi connectivity index (χ0) is 15.4. The third-order valence-electron chi connectivity index (χ3n) is 3.58. The number of hydrogen-bond donors (Lipinski definition) is 2. The first-order valence-corrected chi connectivity index (χ1v) is 7.98. The summed E-state index contributed by atoms with van der Waals surface area (Å²) in [6.07, 6.45) is 0.785. The minimum atomic E-state index is -0.228. The number of nitrogens with zero attached hydrogens (tertiary/aromatic N) is 1. The van der Waals surface area contributed by atoms with Crippen molar-refractivity contribution < 1.29 is 4.79 Å². The Hall–Kier alpha value is -1.33. The second-order valence-corrected chi connectivity index (χ2v) is 7.70. The minimum absolute atomic E-state index is 0.00856. The highest BCUT2D eigenvalue weighted by molar-refractivity contribution is 8.04. The van der Waals surface area contributed by atoms with Crippen LogP contribution < -0.4 is 15.5 Å². The van der Waals surface area contributed by atoms with Gasteiger partial charge in [0.25, 0.3) is 5.91 Å². The van der Waals surface area contributed by atoms with Gasteiger partial charge in [-0.15, -0.1) is 0 Å². The molecule has 0 saturated heterocycles. The van der Waals surface area contributed by atoms with E-state index in [0.29, 0.717) is 5.02 Å². The summed E-state index contributed by atoms with van der Waals surface area (Å²) >= 11 is 7.84. The van der Waals surface area contributed by atoms with Crippen LogP contribution in [0.3, 0.4) is 0 Å². The molecule has 3 rings (SSSR count). The van der Waals surface area contributed by atoms with Gasteiger partial charge >= 0.3 is 0 Å². The number of hydrogen-bond acceptors (Lipinski definition) is 4. The van der Waals surface area contributed by atoms with Gasteiger partial charge in [0.05, 0.1) is 21.3 Å². The van der Waals surface area contributed by atoms with Crippen molar-refractivity contribution in [3.05, 3.63) is 27.8 Å². The van der Waals surface area contributed by atoms with Crippen LogP contribution in [0, 0.1) is 0 Å². The molecule has 0 bridgehead atoms. The number of carbonyl (C=O) groups excluding carboxylic acids is 1. The summed E-state index contributed by atoms with van der Waals surface area (Å²) < 4.78 is 0. The van der Waals surface area contributed by atoms with E-state index in [2.05, 4.69) is 10.6 Å². The number of nitrogens with one attached hydrogen (secondary N) is 2. The quantitative estimate of drug-likeness (QED) is 0.831. The van der Waals surface area contributed by atoms with Crippen LogP contribution in [-0.4, -0.2) is 25.5 Å². The highest BCUT2D eigenvalue weighted by atomic mass is 35.5. The fourth-order valence-corrected chi connectivity index (χ4v) is 3.95. The van der Waals surface area contributed by atoms with Crippen LogP contribution in [0.15, 0.2) is 27.6 Å². The first-order chi connectivity index (χ1) is 9.77. The average Bonchev–Trinajstić information content (AvgIpc) is 2.34. The van der Waals surface area contributed by atoms with Crippen LogP contribution in [0.1, 0.15) is 20.3 Å². The summed E-state index contributed by atoms with van der Waals surface area (Å²) in [6.45, 7) is 4.05. The number of amides is 1. The second-order valence-electron chi connectivity index (χ2n) is 6.24. The van der Waals surface area contributed by atoms with Gasteiger partial charge in [0.2, 0.25) is 0 Å². The molecule has 1 aromatic carbocycles. The van der Waals surface area contributed by atoms with Gasteiger partial charge in [-0.2, -0.15) is 0 Å². The number of fused-ring (bicyclic) bond motifs is 1. The van der Waals surface area contributed by atoms with E-state index in [4.69, 9.17) is 11.6 Å². The lowest BCUT2D eigenvalue weighted by atomic mass is 9.94. The second kappa shape index (κ2) is 4.85. The number of carbonyl (C=O) groups is 1. The molecule has 1 amide bonds. The maximum Gasteiger partial charge on any atom is 0.260 e. The van der Waals surface area contributed by atoms with Crippen molar-refractivity contribution in [2.24, 2.45) is 0 Å². The van der Waals surface area contributed by atoms with Crippen LogP contribution >= 0.6 is 23.4 Å². The molecular formula is C15H18ClN3OS. The van der Waals surface area contributed by atoms with Gasteiger partial charge in [-0.25, -0.2) is 0 Å². The highest BCUT2D eigenvalue weighted by Crippen LogP contribution is 2.46. The van der Waals surface area contributed by atoms with E-state index in [1.54, 1.807) is 0 Å². The summed E-state index contributed by atoms with van der Waals surface area (Å²) in [7, 11) is 3.91. The topological polar surface area (TPSA) is 44.4 Å². The van der Waals surface area contributed by atoms with Crippen LogP contribution in [0.4, 0.5) is 11.4 Å². The molecule has 0 unspecified atom stereocenters. The predicted octanol–water partition coefficient (Wildman–Crippen LogP) is 3.43. The molecule has 0 aromatic heterocycles. The molecule has 4 nitrogen and oxygen atoms in total. The molecule has 0 atom stereocenters. The Morgan fingerprint density at radius 1 is 1.33 bits per heavy atom. The first-order valence-electron chi connectivity index (χ1n) is 6.78. The van der Waals surface area contributed by atoms with E-state index in [1.165, 1.54) is 11.8 Å². The molecule has 1 aromatic rings. The van der Waals surface area contributed by atoms with E-state index in [1.807, 2.05) is 45.0 Å². The average molecular weight is 324 g/mol. The van der Waals surface area contributed by atoms with E-state index in [0.717, 1.165) is 33.3 Å². The highest BCUT2D eigenvalue weighted by Gasteiger charge is 2.35. The maximum absolute atomic E-state index is 12.3. The van der Waals surface area contributed by atoms with Crippen molar-refractivity contribution in [3.8, 4) is 0 Å². The molecule has 6 heteroatoms. The zero-order valence-corrected chi connectivity index (χ0v) is 14.1. The normalized spacial score (nSPS) is 19.4. The first kappa shape index (κ1) is 14.6. The lowest BCUT2D eigenvalue weighted by Crippen LogP contribution is -2.48. The Bertz CT molecular complexity index is 667. The molecule has 0 aliphatic carbocycles. The summed E-state index contributed by atoms with van der Waals surface area (Å²) in [5, 5.41) is 7.13. The summed E-state index contributed by atoms with van der Waals surface area (Å²) in [5.74, 6) is -0.00856. The van der Waals surface area contributed by atoms with Crippen molar-refractivity contribution >= 4 is 40.6 Å². The van der Waals surface area contributed by atoms with E-state index in [-0.39, 0.29) is 11.4 Å². The van der Waals surface area contributed by atoms with Gasteiger partial charge < -0.3 is 15.5 Å². The van der Waals surface area contributed by atoms with Gasteiger partial charge in [0.1, 0.15) is 0 Å². The number of halogens is 1. The van der Waals surface area contributed by atoms with Crippen LogP contribution in [0.5, 0.6) is 0 Å². The largest absolute Gasteiger partial charge is 0.376 e. The van der Waals surface area contributed by atoms with E-state index < -0.39 is 0 Å². The number of anilines is 2. The standard InChI is InChI=1S/C15H18ClN3OS/c1-15(2)7-10-13(14(20)18-15)21-12-6-11(19(3)4)8(16)5-9(12)17-10/h5-6,17H,7H2,1-4H3,(H,18,20). The van der Waals surface area contributed by atoms with Gasteiger partial charge in [0.15, 0.2) is 0 Å². The van der Waals surface area contributed by atoms with Crippen LogP contribution in [0.25, 0.3) is 0 Å². The fourth-order valence-electron chi connectivity index (χ4n) is 2.62. The predicted molar refractivity (Wildman–Crippen MR) is 89.1 cm³/mol. The summed E-state index contributed by atoms with van der Waals surface area (Å²) in [4.78, 5) is 16.0. The van der Waals surface area contributed by atoms with Gasteiger partial charge in [-0.1, -0.05) is 23.4 Å². The molecule has 2 N–H and O–H groups in total. The fraction of sp³-hybridized carbons (Fsp3) is 0.400. The molecular weight excluding hydrogens is 306 g/mol. The van der Waals surface area contributed by atoms with E-state index in [9.17, 15) is 4.79 Å². The summed E-state index contributed by atoms with van der Waals surface area (Å²) in [5.41, 5.74) is 2.68. The number of benzene rings is 1. The van der Waals surface area contributed by atoms with Crippen molar-refractivity contribution in [1.29, 1.82) is 0 Å². The zero-order valence-electron chi connectivity index (χ0n) is 12.5. The molecule has 2 aliphatic heterocycles. The molecule has 112 valence electrons. The Balaban J connectivity index is 2.02. The van der Waals surface area contributed by atoms with Crippen molar-refractivity contribution in [1.82, 2.24) is 5.32 Å². The molecule has 0 spiro atoms. The Morgan fingerprint density at radius 2 is 2.05 bits per heavy atom. The molecule has 2 aliphatic rings. The number of thioether (sulfide) groups is 1. The molecule has 2 heterocycles. The monoisotopic (exact) mass is 323 g/mol. The van der Waals surface area contributed by atoms with Crippen molar-refractivity contribution in [3.63, 3.8) is 0 Å². The maximum atomic E-state index is 12.3. The molecule has 0 saturated carbocycles. The Kier molecular flexibility index (Phi) is 3.37.